The van der Waals surface area contributed by atoms with Crippen molar-refractivity contribution in [3.63, 3.8) is 0 Å². The fraction of sp³-hybridized carbons (Fsp3) is 0. The molecule has 7 aromatic carbocycles. The van der Waals surface area contributed by atoms with Crippen molar-refractivity contribution in [1.82, 2.24) is 9.55 Å². The first kappa shape index (κ1) is 28.3. The molecular formula is C47H30N2O. The summed E-state index contributed by atoms with van der Waals surface area (Å²) in [7, 11) is 0. The van der Waals surface area contributed by atoms with Gasteiger partial charge in [0.25, 0.3) is 0 Å². The van der Waals surface area contributed by atoms with Crippen LogP contribution in [-0.2, 0) is 0 Å². The van der Waals surface area contributed by atoms with E-state index in [1.165, 1.54) is 21.9 Å². The summed E-state index contributed by atoms with van der Waals surface area (Å²) in [5, 5.41) is 4.67. The summed E-state index contributed by atoms with van der Waals surface area (Å²) in [6.45, 7) is 0. The first-order chi connectivity index (χ1) is 24.8. The fourth-order valence-corrected chi connectivity index (χ4v) is 7.47. The summed E-state index contributed by atoms with van der Waals surface area (Å²) in [6, 6.07) is 64.3. The van der Waals surface area contributed by atoms with E-state index >= 15 is 0 Å². The maximum Gasteiger partial charge on any atom is 0.136 e. The van der Waals surface area contributed by atoms with Crippen LogP contribution in [0.4, 0.5) is 0 Å². The zero-order chi connectivity index (χ0) is 33.0. The van der Waals surface area contributed by atoms with Gasteiger partial charge in [0.15, 0.2) is 0 Å². The lowest BCUT2D eigenvalue weighted by Gasteiger charge is -2.13. The van der Waals surface area contributed by atoms with Crippen LogP contribution in [0.5, 0.6) is 0 Å². The van der Waals surface area contributed by atoms with Gasteiger partial charge in [-0.2, -0.15) is 0 Å². The Balaban J connectivity index is 1.23. The Kier molecular flexibility index (Phi) is 6.49. The molecule has 0 spiro atoms. The Morgan fingerprint density at radius 1 is 0.380 bits per heavy atom. The molecule has 0 N–H and O–H groups in total. The van der Waals surface area contributed by atoms with Gasteiger partial charge in [-0.3, -0.25) is 0 Å². The minimum absolute atomic E-state index is 0.878. The van der Waals surface area contributed by atoms with Crippen LogP contribution in [0.3, 0.4) is 0 Å². The van der Waals surface area contributed by atoms with Crippen LogP contribution in [-0.4, -0.2) is 9.55 Å². The normalized spacial score (nSPS) is 11.6. The van der Waals surface area contributed by atoms with Crippen molar-refractivity contribution in [3.8, 4) is 50.5 Å². The summed E-state index contributed by atoms with van der Waals surface area (Å²) >= 11 is 0. The molecule has 50 heavy (non-hydrogen) atoms. The Hall–Kier alpha value is -6.71. The molecule has 0 bridgehead atoms. The van der Waals surface area contributed by atoms with E-state index in [1.54, 1.807) is 0 Å². The van der Waals surface area contributed by atoms with E-state index in [2.05, 4.69) is 174 Å². The van der Waals surface area contributed by atoms with E-state index in [9.17, 15) is 0 Å². The maximum atomic E-state index is 6.32. The van der Waals surface area contributed by atoms with Crippen molar-refractivity contribution < 1.29 is 4.42 Å². The van der Waals surface area contributed by atoms with Gasteiger partial charge in [0, 0.05) is 38.4 Å². The van der Waals surface area contributed by atoms with Crippen molar-refractivity contribution in [2.45, 2.75) is 0 Å². The highest BCUT2D eigenvalue weighted by Crippen LogP contribution is 2.40. The summed E-state index contributed by atoms with van der Waals surface area (Å²) in [5.74, 6) is 0. The van der Waals surface area contributed by atoms with E-state index < -0.39 is 0 Å². The van der Waals surface area contributed by atoms with Gasteiger partial charge < -0.3 is 8.98 Å². The zero-order valence-corrected chi connectivity index (χ0v) is 27.1. The summed E-state index contributed by atoms with van der Waals surface area (Å²) in [4.78, 5) is 5.39. The third-order valence-electron chi connectivity index (χ3n) is 9.79. The van der Waals surface area contributed by atoms with E-state index in [0.29, 0.717) is 0 Å². The first-order valence-corrected chi connectivity index (χ1v) is 17.0. The van der Waals surface area contributed by atoms with Gasteiger partial charge in [0.05, 0.1) is 22.4 Å². The van der Waals surface area contributed by atoms with E-state index in [0.717, 1.165) is 72.3 Å². The number of benzene rings is 7. The van der Waals surface area contributed by atoms with Crippen molar-refractivity contribution >= 4 is 43.7 Å². The quantitative estimate of drug-likeness (QED) is 0.188. The smallest absolute Gasteiger partial charge is 0.136 e. The largest absolute Gasteiger partial charge is 0.456 e. The number of pyridine rings is 1. The SMILES string of the molecule is c1ccc(-c2cccc(-c3cc(-c4cccc5oc6ccccc6c45)cc(-c4ccc5c6ccccc6n(-c6ccccc6)c5c4)n3)c2)cc1. The van der Waals surface area contributed by atoms with Gasteiger partial charge in [0.1, 0.15) is 11.2 Å². The first-order valence-electron chi connectivity index (χ1n) is 17.0. The molecule has 3 nitrogen and oxygen atoms in total. The highest BCUT2D eigenvalue weighted by molar-refractivity contribution is 6.13. The third kappa shape index (κ3) is 4.63. The third-order valence-corrected chi connectivity index (χ3v) is 9.79. The average molecular weight is 639 g/mol. The number of nitrogens with zero attached hydrogens (tertiary/aromatic N) is 2. The lowest BCUT2D eigenvalue weighted by atomic mass is 9.95. The second kappa shape index (κ2) is 11.5. The molecule has 3 aromatic heterocycles. The number of fused-ring (bicyclic) bond motifs is 6. The van der Waals surface area contributed by atoms with Gasteiger partial charge in [-0.05, 0) is 76.9 Å². The summed E-state index contributed by atoms with van der Waals surface area (Å²) in [5.41, 5.74) is 13.8. The van der Waals surface area contributed by atoms with Crippen molar-refractivity contribution in [2.75, 3.05) is 0 Å². The summed E-state index contributed by atoms with van der Waals surface area (Å²) in [6.07, 6.45) is 0. The topological polar surface area (TPSA) is 31.0 Å². The van der Waals surface area contributed by atoms with E-state index in [-0.39, 0.29) is 0 Å². The molecule has 3 heterocycles. The second-order valence-electron chi connectivity index (χ2n) is 12.8. The van der Waals surface area contributed by atoms with Crippen molar-refractivity contribution in [3.05, 3.63) is 182 Å². The highest BCUT2D eigenvalue weighted by Gasteiger charge is 2.17. The molecule has 0 saturated carbocycles. The van der Waals surface area contributed by atoms with Crippen LogP contribution in [0, 0.1) is 0 Å². The van der Waals surface area contributed by atoms with Crippen LogP contribution < -0.4 is 0 Å². The number of hydrogen-bond acceptors (Lipinski definition) is 2. The van der Waals surface area contributed by atoms with Crippen molar-refractivity contribution in [1.29, 1.82) is 0 Å². The Morgan fingerprint density at radius 3 is 1.84 bits per heavy atom. The molecule has 0 unspecified atom stereocenters. The molecular weight excluding hydrogens is 609 g/mol. The highest BCUT2D eigenvalue weighted by atomic mass is 16.3. The van der Waals surface area contributed by atoms with Crippen molar-refractivity contribution in [2.24, 2.45) is 0 Å². The molecule has 0 aliphatic heterocycles. The minimum Gasteiger partial charge on any atom is -0.456 e. The molecule has 0 fully saturated rings. The maximum absolute atomic E-state index is 6.32. The predicted octanol–water partition coefficient (Wildman–Crippen LogP) is 12.7. The lowest BCUT2D eigenvalue weighted by Crippen LogP contribution is -1.95. The van der Waals surface area contributed by atoms with E-state index in [1.807, 2.05) is 12.1 Å². The Bertz CT molecular complexity index is 2860. The van der Waals surface area contributed by atoms with E-state index in [4.69, 9.17) is 9.40 Å². The number of rotatable bonds is 5. The number of para-hydroxylation sites is 3. The molecule has 10 rings (SSSR count). The van der Waals surface area contributed by atoms with Gasteiger partial charge in [-0.1, -0.05) is 127 Å². The lowest BCUT2D eigenvalue weighted by molar-refractivity contribution is 0.669. The van der Waals surface area contributed by atoms with Crippen LogP contribution >= 0.6 is 0 Å². The molecule has 0 saturated heterocycles. The van der Waals surface area contributed by atoms with Crippen LogP contribution in [0.2, 0.25) is 0 Å². The molecule has 0 amide bonds. The van der Waals surface area contributed by atoms with Gasteiger partial charge >= 0.3 is 0 Å². The van der Waals surface area contributed by atoms with Crippen LogP contribution in [0.15, 0.2) is 186 Å². The van der Waals surface area contributed by atoms with Crippen LogP contribution in [0.1, 0.15) is 0 Å². The zero-order valence-electron chi connectivity index (χ0n) is 27.1. The number of aromatic nitrogens is 2. The molecule has 0 radical (unpaired) electrons. The molecule has 0 aliphatic rings. The minimum atomic E-state index is 0.878. The molecule has 10 aromatic rings. The Labute approximate surface area is 289 Å². The van der Waals surface area contributed by atoms with Gasteiger partial charge in [0.2, 0.25) is 0 Å². The van der Waals surface area contributed by atoms with Crippen LogP contribution in [0.25, 0.3) is 94.2 Å². The standard InChI is InChI=1S/C47H30N2O/c1-3-13-31(14-4-1)32-15-11-16-33(27-32)41-28-35(37-21-12-24-46-47(37)40-20-8-10-23-45(40)50-46)29-42(48-41)34-25-26-39-38-19-7-9-22-43(38)49(44(39)30-34)36-17-5-2-6-18-36/h1-30H. The average Bonchev–Trinajstić information content (AvgIpc) is 3.74. The molecule has 0 atom stereocenters. The second-order valence-corrected chi connectivity index (χ2v) is 12.8. The monoisotopic (exact) mass is 638 g/mol. The number of hydrogen-bond donors (Lipinski definition) is 0. The molecule has 3 heteroatoms. The Morgan fingerprint density at radius 2 is 1.00 bits per heavy atom. The predicted molar refractivity (Wildman–Crippen MR) is 208 cm³/mol. The number of furan rings is 1. The van der Waals surface area contributed by atoms with Gasteiger partial charge in [-0.15, -0.1) is 0 Å². The molecule has 0 aliphatic carbocycles. The van der Waals surface area contributed by atoms with Gasteiger partial charge in [-0.25, -0.2) is 4.98 Å². The molecule has 234 valence electrons. The summed E-state index contributed by atoms with van der Waals surface area (Å²) < 4.78 is 8.68. The fourth-order valence-electron chi connectivity index (χ4n) is 7.47.